The Labute approximate surface area is 167 Å². The number of nitrogens with one attached hydrogen (secondary N) is 1. The van der Waals surface area contributed by atoms with Crippen molar-refractivity contribution in [1.29, 1.82) is 0 Å². The topological polar surface area (TPSA) is 55.9 Å². The fourth-order valence-corrected chi connectivity index (χ4v) is 3.70. The molecule has 2 heterocycles. The van der Waals surface area contributed by atoms with Crippen molar-refractivity contribution in [1.82, 2.24) is 20.0 Å². The number of rotatable bonds is 7. The van der Waals surface area contributed by atoms with Crippen LogP contribution < -0.4 is 5.32 Å². The van der Waals surface area contributed by atoms with Crippen LogP contribution in [0.2, 0.25) is 0 Å². The number of amides is 3. The molecule has 28 heavy (non-hydrogen) atoms. The van der Waals surface area contributed by atoms with Crippen LogP contribution in [0.4, 0.5) is 4.79 Å². The van der Waals surface area contributed by atoms with E-state index in [9.17, 15) is 9.59 Å². The Hall–Kier alpha value is -2.60. The number of hydrogen-bond donors (Lipinski definition) is 1. The molecule has 6 nitrogen and oxygen atoms in total. The fourth-order valence-electron chi connectivity index (χ4n) is 3.70. The van der Waals surface area contributed by atoms with Gasteiger partial charge >= 0.3 is 6.03 Å². The van der Waals surface area contributed by atoms with Crippen LogP contribution in [0.5, 0.6) is 0 Å². The minimum absolute atomic E-state index is 0.00356. The van der Waals surface area contributed by atoms with Gasteiger partial charge in [-0.05, 0) is 31.1 Å². The lowest BCUT2D eigenvalue weighted by Gasteiger charge is -2.33. The molecule has 0 aliphatic carbocycles. The maximum Gasteiger partial charge on any atom is 0.322 e. The minimum atomic E-state index is -0.415. The van der Waals surface area contributed by atoms with Crippen LogP contribution in [0.25, 0.3) is 0 Å². The van der Waals surface area contributed by atoms with E-state index in [2.05, 4.69) is 42.8 Å². The molecule has 2 aliphatic rings. The molecule has 0 radical (unpaired) electrons. The van der Waals surface area contributed by atoms with E-state index in [0.29, 0.717) is 31.1 Å². The molecular formula is C22H30N4O2. The summed E-state index contributed by atoms with van der Waals surface area (Å²) in [7, 11) is 3.98. The minimum Gasteiger partial charge on any atom is -0.332 e. The Morgan fingerprint density at radius 3 is 2.50 bits per heavy atom. The second-order valence-corrected chi connectivity index (χ2v) is 7.99. The monoisotopic (exact) mass is 382 g/mol. The van der Waals surface area contributed by atoms with E-state index in [-0.39, 0.29) is 11.9 Å². The van der Waals surface area contributed by atoms with Crippen molar-refractivity contribution in [3.63, 3.8) is 0 Å². The van der Waals surface area contributed by atoms with Crippen LogP contribution in [0.1, 0.15) is 36.9 Å². The van der Waals surface area contributed by atoms with Crippen molar-refractivity contribution in [2.45, 2.75) is 25.8 Å². The molecule has 0 spiro atoms. The van der Waals surface area contributed by atoms with Gasteiger partial charge in [0.25, 0.3) is 5.91 Å². The number of carbonyl (C=O) groups excluding carboxylic acids is 2. The van der Waals surface area contributed by atoms with E-state index in [4.69, 9.17) is 0 Å². The smallest absolute Gasteiger partial charge is 0.322 e. The molecule has 0 aromatic heterocycles. The Morgan fingerprint density at radius 2 is 1.93 bits per heavy atom. The SMILES string of the molecule is C=CCN1C(=O)NC(c2ccc(C(C)C)cc2)C2=C1CN(CCN(C)C)C2=O. The first kappa shape index (κ1) is 20.1. The highest BCUT2D eigenvalue weighted by atomic mass is 16.2. The van der Waals surface area contributed by atoms with Crippen molar-refractivity contribution in [3.05, 3.63) is 59.3 Å². The quantitative estimate of drug-likeness (QED) is 0.738. The predicted octanol–water partition coefficient (Wildman–Crippen LogP) is 2.72. The zero-order chi connectivity index (χ0) is 20.4. The van der Waals surface area contributed by atoms with Gasteiger partial charge in [0.2, 0.25) is 0 Å². The largest absolute Gasteiger partial charge is 0.332 e. The summed E-state index contributed by atoms with van der Waals surface area (Å²) in [6, 6.07) is 7.59. The van der Waals surface area contributed by atoms with Gasteiger partial charge in [0, 0.05) is 19.6 Å². The number of benzene rings is 1. The Balaban J connectivity index is 1.95. The summed E-state index contributed by atoms with van der Waals surface area (Å²) in [5.41, 5.74) is 3.65. The molecule has 1 atom stereocenters. The van der Waals surface area contributed by atoms with E-state index in [1.807, 2.05) is 31.1 Å². The molecule has 1 aromatic rings. The second-order valence-electron chi connectivity index (χ2n) is 7.99. The van der Waals surface area contributed by atoms with Gasteiger partial charge in [-0.15, -0.1) is 6.58 Å². The molecular weight excluding hydrogens is 352 g/mol. The number of urea groups is 1. The van der Waals surface area contributed by atoms with Crippen molar-refractivity contribution in [3.8, 4) is 0 Å². The standard InChI is InChI=1S/C22H30N4O2/c1-6-11-26-18-14-25(13-12-24(4)5)21(27)19(18)20(23-22(26)28)17-9-7-16(8-10-17)15(2)3/h6-10,15,20H,1,11-14H2,2-5H3,(H,23,28). The third-order valence-corrected chi connectivity index (χ3v) is 5.36. The van der Waals surface area contributed by atoms with Gasteiger partial charge in [-0.1, -0.05) is 44.2 Å². The lowest BCUT2D eigenvalue weighted by molar-refractivity contribution is -0.125. The zero-order valence-corrected chi connectivity index (χ0v) is 17.2. The van der Waals surface area contributed by atoms with Crippen LogP contribution in [-0.2, 0) is 4.79 Å². The van der Waals surface area contributed by atoms with Crippen LogP contribution in [0.3, 0.4) is 0 Å². The van der Waals surface area contributed by atoms with Gasteiger partial charge in [-0.2, -0.15) is 0 Å². The summed E-state index contributed by atoms with van der Waals surface area (Å²) in [6.45, 7) is 10.3. The van der Waals surface area contributed by atoms with E-state index in [0.717, 1.165) is 17.8 Å². The van der Waals surface area contributed by atoms with Crippen molar-refractivity contribution in [2.24, 2.45) is 0 Å². The molecule has 0 saturated heterocycles. The Kier molecular flexibility index (Phi) is 5.89. The van der Waals surface area contributed by atoms with E-state index < -0.39 is 6.04 Å². The maximum absolute atomic E-state index is 13.2. The molecule has 0 saturated carbocycles. The first-order valence-corrected chi connectivity index (χ1v) is 9.79. The van der Waals surface area contributed by atoms with Gasteiger partial charge in [-0.3, -0.25) is 9.69 Å². The van der Waals surface area contributed by atoms with E-state index >= 15 is 0 Å². The summed E-state index contributed by atoms with van der Waals surface area (Å²) in [5.74, 6) is 0.436. The summed E-state index contributed by atoms with van der Waals surface area (Å²) < 4.78 is 0. The third kappa shape index (κ3) is 3.83. The molecule has 150 valence electrons. The van der Waals surface area contributed by atoms with Crippen molar-refractivity contribution in [2.75, 3.05) is 40.3 Å². The molecule has 1 unspecified atom stereocenters. The highest BCUT2D eigenvalue weighted by molar-refractivity contribution is 6.01. The van der Waals surface area contributed by atoms with Crippen LogP contribution in [0, 0.1) is 0 Å². The molecule has 3 rings (SSSR count). The molecule has 6 heteroatoms. The van der Waals surface area contributed by atoms with Crippen LogP contribution >= 0.6 is 0 Å². The first-order chi connectivity index (χ1) is 13.3. The molecule has 1 aromatic carbocycles. The van der Waals surface area contributed by atoms with Gasteiger partial charge in [0.05, 0.1) is 23.9 Å². The highest BCUT2D eigenvalue weighted by Crippen LogP contribution is 2.36. The average molecular weight is 383 g/mol. The van der Waals surface area contributed by atoms with Gasteiger partial charge < -0.3 is 15.1 Å². The zero-order valence-electron chi connectivity index (χ0n) is 17.2. The van der Waals surface area contributed by atoms with Gasteiger partial charge in [0.1, 0.15) is 0 Å². The second kappa shape index (κ2) is 8.19. The van der Waals surface area contributed by atoms with E-state index in [1.165, 1.54) is 5.56 Å². The first-order valence-electron chi connectivity index (χ1n) is 9.79. The number of likely N-dealkylation sites (N-methyl/N-ethyl adjacent to an activating group) is 1. The number of hydrogen-bond acceptors (Lipinski definition) is 3. The average Bonchev–Trinajstić information content (AvgIpc) is 2.99. The highest BCUT2D eigenvalue weighted by Gasteiger charge is 2.43. The summed E-state index contributed by atoms with van der Waals surface area (Å²) >= 11 is 0. The van der Waals surface area contributed by atoms with Gasteiger partial charge in [0.15, 0.2) is 0 Å². The molecule has 0 fully saturated rings. The predicted molar refractivity (Wildman–Crippen MR) is 111 cm³/mol. The van der Waals surface area contributed by atoms with E-state index in [1.54, 1.807) is 11.0 Å². The Bertz CT molecular complexity index is 795. The molecule has 2 aliphatic heterocycles. The normalized spacial score (nSPS) is 19.6. The molecule has 0 bridgehead atoms. The fraction of sp³-hybridized carbons (Fsp3) is 0.455. The number of nitrogens with zero attached hydrogens (tertiary/aromatic N) is 3. The Morgan fingerprint density at radius 1 is 1.25 bits per heavy atom. The molecule has 1 N–H and O–H groups in total. The summed E-state index contributed by atoms with van der Waals surface area (Å²) in [5, 5.41) is 3.03. The van der Waals surface area contributed by atoms with Crippen molar-refractivity contribution >= 4 is 11.9 Å². The summed E-state index contributed by atoms with van der Waals surface area (Å²) in [4.78, 5) is 31.5. The number of carbonyl (C=O) groups is 2. The lowest BCUT2D eigenvalue weighted by Crippen LogP contribution is -2.47. The lowest BCUT2D eigenvalue weighted by atomic mass is 9.93. The van der Waals surface area contributed by atoms with Crippen LogP contribution in [0.15, 0.2) is 48.2 Å². The third-order valence-electron chi connectivity index (χ3n) is 5.36. The van der Waals surface area contributed by atoms with Crippen LogP contribution in [-0.4, -0.2) is 66.9 Å². The van der Waals surface area contributed by atoms with Crippen molar-refractivity contribution < 1.29 is 9.59 Å². The molecule has 3 amide bonds. The van der Waals surface area contributed by atoms with Gasteiger partial charge in [-0.25, -0.2) is 4.79 Å². The maximum atomic E-state index is 13.2. The summed E-state index contributed by atoms with van der Waals surface area (Å²) in [6.07, 6.45) is 1.69.